The zero-order valence-electron chi connectivity index (χ0n) is 15.6. The van der Waals surface area contributed by atoms with Gasteiger partial charge in [0.25, 0.3) is 0 Å². The fraction of sp³-hybridized carbons (Fsp3) is 0.381. The van der Waals surface area contributed by atoms with Crippen LogP contribution in [-0.2, 0) is 4.74 Å². The highest BCUT2D eigenvalue weighted by molar-refractivity contribution is 6.06. The maximum atomic E-state index is 12.6. The molecule has 0 atom stereocenters. The number of para-hydroxylation sites is 1. The number of hydrogen-bond acceptors (Lipinski definition) is 4. The number of carbonyl (C=O) groups is 1. The minimum absolute atomic E-state index is 0.0603. The van der Waals surface area contributed by atoms with Crippen molar-refractivity contribution >= 4 is 33.7 Å². The van der Waals surface area contributed by atoms with Crippen LogP contribution in [0.4, 0.5) is 10.5 Å². The number of piperazine rings is 1. The number of rotatable bonds is 5. The molecule has 0 bridgehead atoms. The Morgan fingerprint density at radius 1 is 1.07 bits per heavy atom. The number of anilines is 1. The van der Waals surface area contributed by atoms with Crippen LogP contribution in [0.1, 0.15) is 6.92 Å². The Hall–Kier alpha value is -2.57. The van der Waals surface area contributed by atoms with Crippen molar-refractivity contribution in [2.75, 3.05) is 51.3 Å². The molecule has 27 heavy (non-hydrogen) atoms. The monoisotopic (exact) mass is 367 g/mol. The van der Waals surface area contributed by atoms with E-state index in [4.69, 9.17) is 9.15 Å². The third-order valence-electron chi connectivity index (χ3n) is 5.05. The first-order chi connectivity index (χ1) is 13.2. The van der Waals surface area contributed by atoms with Crippen LogP contribution in [-0.4, -0.2) is 61.8 Å². The summed E-state index contributed by atoms with van der Waals surface area (Å²) in [6.45, 7) is 7.64. The predicted octanol–water partition coefficient (Wildman–Crippen LogP) is 3.77. The molecule has 0 spiro atoms. The first-order valence-electron chi connectivity index (χ1n) is 9.52. The van der Waals surface area contributed by atoms with Gasteiger partial charge in [0.2, 0.25) is 0 Å². The van der Waals surface area contributed by atoms with Crippen LogP contribution in [0.25, 0.3) is 21.9 Å². The molecular formula is C21H25N3O3. The molecule has 6 nitrogen and oxygen atoms in total. The van der Waals surface area contributed by atoms with Gasteiger partial charge in [-0.15, -0.1) is 0 Å². The van der Waals surface area contributed by atoms with Gasteiger partial charge in [-0.2, -0.15) is 0 Å². The van der Waals surface area contributed by atoms with Crippen molar-refractivity contribution in [3.63, 3.8) is 0 Å². The Morgan fingerprint density at radius 3 is 2.67 bits per heavy atom. The third-order valence-corrected chi connectivity index (χ3v) is 5.05. The molecule has 142 valence electrons. The molecule has 4 rings (SSSR count). The number of ether oxygens (including phenoxy) is 1. The molecule has 0 saturated carbocycles. The maximum absolute atomic E-state index is 12.6. The second-order valence-electron chi connectivity index (χ2n) is 6.76. The van der Waals surface area contributed by atoms with Crippen LogP contribution >= 0.6 is 0 Å². The molecule has 1 aromatic heterocycles. The van der Waals surface area contributed by atoms with E-state index in [0.29, 0.717) is 0 Å². The molecule has 0 aliphatic carbocycles. The minimum atomic E-state index is -0.0603. The summed E-state index contributed by atoms with van der Waals surface area (Å²) in [5.41, 5.74) is 2.40. The lowest BCUT2D eigenvalue weighted by Crippen LogP contribution is -2.50. The Morgan fingerprint density at radius 2 is 1.85 bits per heavy atom. The molecule has 1 fully saturated rings. The molecule has 1 saturated heterocycles. The molecule has 0 radical (unpaired) electrons. The topological polar surface area (TPSA) is 58.0 Å². The van der Waals surface area contributed by atoms with Gasteiger partial charge in [0.1, 0.15) is 11.2 Å². The first-order valence-corrected chi connectivity index (χ1v) is 9.52. The van der Waals surface area contributed by atoms with Crippen molar-refractivity contribution < 1.29 is 13.9 Å². The normalized spacial score (nSPS) is 15.5. The summed E-state index contributed by atoms with van der Waals surface area (Å²) < 4.78 is 11.3. The van der Waals surface area contributed by atoms with E-state index in [1.807, 2.05) is 54.3 Å². The second-order valence-corrected chi connectivity index (χ2v) is 6.76. The van der Waals surface area contributed by atoms with E-state index in [0.717, 1.165) is 73.6 Å². The number of hydrogen-bond donors (Lipinski definition) is 1. The van der Waals surface area contributed by atoms with Crippen molar-refractivity contribution in [3.8, 4) is 0 Å². The molecule has 0 unspecified atom stereocenters. The molecule has 1 aliphatic heterocycles. The van der Waals surface area contributed by atoms with E-state index < -0.39 is 0 Å². The van der Waals surface area contributed by atoms with Gasteiger partial charge in [-0.25, -0.2) is 4.79 Å². The van der Waals surface area contributed by atoms with E-state index in [1.165, 1.54) is 0 Å². The molecule has 1 N–H and O–H groups in total. The summed E-state index contributed by atoms with van der Waals surface area (Å²) in [7, 11) is 0. The largest absolute Gasteiger partial charge is 0.456 e. The van der Waals surface area contributed by atoms with Crippen molar-refractivity contribution in [1.29, 1.82) is 0 Å². The van der Waals surface area contributed by atoms with Gasteiger partial charge in [0.15, 0.2) is 0 Å². The van der Waals surface area contributed by atoms with Crippen molar-refractivity contribution in [1.82, 2.24) is 9.80 Å². The van der Waals surface area contributed by atoms with Crippen LogP contribution in [0.2, 0.25) is 0 Å². The number of fused-ring (bicyclic) bond motifs is 3. The molecule has 2 heterocycles. The summed E-state index contributed by atoms with van der Waals surface area (Å²) >= 11 is 0. The van der Waals surface area contributed by atoms with E-state index in [9.17, 15) is 4.79 Å². The minimum Gasteiger partial charge on any atom is -0.456 e. The van der Waals surface area contributed by atoms with E-state index in [-0.39, 0.29) is 6.03 Å². The van der Waals surface area contributed by atoms with Gasteiger partial charge in [0, 0.05) is 61.9 Å². The fourth-order valence-corrected chi connectivity index (χ4v) is 3.52. The van der Waals surface area contributed by atoms with Crippen molar-refractivity contribution in [2.24, 2.45) is 0 Å². The van der Waals surface area contributed by atoms with Gasteiger partial charge >= 0.3 is 6.03 Å². The standard InChI is InChI=1S/C21H25N3O3/c1-2-26-14-13-23-9-11-24(12-10-23)21(25)22-16-7-8-18-17-5-3-4-6-19(17)27-20(18)15-16/h3-8,15H,2,9-14H2,1H3,(H,22,25). The maximum Gasteiger partial charge on any atom is 0.321 e. The average Bonchev–Trinajstić information content (AvgIpc) is 3.06. The quantitative estimate of drug-likeness (QED) is 0.698. The van der Waals surface area contributed by atoms with Crippen LogP contribution < -0.4 is 5.32 Å². The Kier molecular flexibility index (Phi) is 5.27. The Bertz CT molecular complexity index is 929. The van der Waals surface area contributed by atoms with E-state index >= 15 is 0 Å². The highest BCUT2D eigenvalue weighted by Gasteiger charge is 2.21. The first kappa shape index (κ1) is 17.8. The summed E-state index contributed by atoms with van der Waals surface area (Å²) in [5.74, 6) is 0. The number of furan rings is 1. The summed E-state index contributed by atoms with van der Waals surface area (Å²) in [4.78, 5) is 16.8. The molecule has 2 amide bonds. The highest BCUT2D eigenvalue weighted by Crippen LogP contribution is 2.30. The Labute approximate surface area is 158 Å². The third kappa shape index (κ3) is 3.91. The van der Waals surface area contributed by atoms with Gasteiger partial charge in [-0.3, -0.25) is 4.90 Å². The summed E-state index contributed by atoms with van der Waals surface area (Å²) in [6, 6.07) is 13.7. The van der Waals surface area contributed by atoms with Crippen LogP contribution in [0.5, 0.6) is 0 Å². The molecule has 6 heteroatoms. The lowest BCUT2D eigenvalue weighted by Gasteiger charge is -2.34. The second kappa shape index (κ2) is 7.98. The number of urea groups is 1. The van der Waals surface area contributed by atoms with Crippen LogP contribution in [0.3, 0.4) is 0 Å². The highest BCUT2D eigenvalue weighted by atomic mass is 16.5. The van der Waals surface area contributed by atoms with Crippen LogP contribution in [0, 0.1) is 0 Å². The lowest BCUT2D eigenvalue weighted by molar-refractivity contribution is 0.0901. The smallest absolute Gasteiger partial charge is 0.321 e. The van der Waals surface area contributed by atoms with Gasteiger partial charge in [-0.1, -0.05) is 18.2 Å². The molecule has 2 aromatic carbocycles. The Balaban J connectivity index is 1.37. The molecular weight excluding hydrogens is 342 g/mol. The van der Waals surface area contributed by atoms with Gasteiger partial charge < -0.3 is 19.4 Å². The number of carbonyl (C=O) groups excluding carboxylic acids is 1. The van der Waals surface area contributed by atoms with E-state index in [2.05, 4.69) is 10.2 Å². The number of amides is 2. The average molecular weight is 367 g/mol. The van der Waals surface area contributed by atoms with E-state index in [1.54, 1.807) is 0 Å². The van der Waals surface area contributed by atoms with Crippen molar-refractivity contribution in [3.05, 3.63) is 42.5 Å². The van der Waals surface area contributed by atoms with Gasteiger partial charge in [0.05, 0.1) is 6.61 Å². The zero-order valence-corrected chi connectivity index (χ0v) is 15.6. The zero-order chi connectivity index (χ0) is 18.6. The predicted molar refractivity (Wildman–Crippen MR) is 107 cm³/mol. The summed E-state index contributed by atoms with van der Waals surface area (Å²) in [6.07, 6.45) is 0. The number of nitrogens with one attached hydrogen (secondary N) is 1. The number of benzene rings is 2. The molecule has 3 aromatic rings. The lowest BCUT2D eigenvalue weighted by atomic mass is 10.1. The number of nitrogens with zero attached hydrogens (tertiary/aromatic N) is 2. The SMILES string of the molecule is CCOCCN1CCN(C(=O)Nc2ccc3c(c2)oc2ccccc23)CC1. The molecule has 1 aliphatic rings. The summed E-state index contributed by atoms with van der Waals surface area (Å²) in [5, 5.41) is 5.15. The van der Waals surface area contributed by atoms with Crippen molar-refractivity contribution in [2.45, 2.75) is 6.92 Å². The van der Waals surface area contributed by atoms with Crippen LogP contribution in [0.15, 0.2) is 46.9 Å². The fourth-order valence-electron chi connectivity index (χ4n) is 3.52. The van der Waals surface area contributed by atoms with Gasteiger partial charge in [-0.05, 0) is 25.1 Å².